The van der Waals surface area contributed by atoms with E-state index in [0.717, 1.165) is 35.3 Å². The molecule has 3 aromatic rings. The van der Waals surface area contributed by atoms with Crippen LogP contribution in [0.4, 0.5) is 4.39 Å². The molecule has 1 heterocycles. The van der Waals surface area contributed by atoms with Gasteiger partial charge in [-0.3, -0.25) is 4.79 Å². The Morgan fingerprint density at radius 3 is 2.69 bits per heavy atom. The number of halogens is 1. The van der Waals surface area contributed by atoms with E-state index in [2.05, 4.69) is 18.1 Å². The molecule has 182 valence electrons. The molecule has 0 saturated heterocycles. The highest BCUT2D eigenvalue weighted by Crippen LogP contribution is 2.59. The highest BCUT2D eigenvalue weighted by molar-refractivity contribution is 5.80. The number of hydrogen-bond acceptors (Lipinski definition) is 4. The Kier molecular flexibility index (Phi) is 5.85. The molecule has 35 heavy (non-hydrogen) atoms. The van der Waals surface area contributed by atoms with Crippen LogP contribution in [0.2, 0.25) is 0 Å². The lowest BCUT2D eigenvalue weighted by Gasteiger charge is -2.45. The van der Waals surface area contributed by atoms with Gasteiger partial charge in [-0.15, -0.1) is 0 Å². The van der Waals surface area contributed by atoms with Gasteiger partial charge in [-0.05, 0) is 85.6 Å². The van der Waals surface area contributed by atoms with Gasteiger partial charge in [0.25, 0.3) is 5.91 Å². The molecule has 1 unspecified atom stereocenters. The quantitative estimate of drug-likeness (QED) is 0.480. The molecule has 2 aromatic carbocycles. The zero-order valence-corrected chi connectivity index (χ0v) is 19.7. The highest BCUT2D eigenvalue weighted by atomic mass is 19.1. The average molecular weight is 476 g/mol. The molecule has 1 amide bonds. The van der Waals surface area contributed by atoms with E-state index in [0.29, 0.717) is 31.2 Å². The van der Waals surface area contributed by atoms with E-state index in [1.54, 1.807) is 24.3 Å². The lowest BCUT2D eigenvalue weighted by Crippen LogP contribution is -2.47. The SMILES string of the molecule is CC[C@]12Cc3cnn(-c4ccc(F)cc4)c3C=C1CC[C@@]2(O)CCc1ccccc1C(O)C(N)=O. The van der Waals surface area contributed by atoms with E-state index in [1.807, 2.05) is 23.0 Å². The standard InChI is InChI=1S/C28H30FN3O3/c1-2-27-16-19-17-31-32(22-9-7-21(29)8-10-22)24(19)15-20(27)12-14-28(27,35)13-11-18-5-3-4-6-23(18)25(33)26(30)34/h3-10,15,17,25,33,35H,2,11-14,16H2,1H3,(H2,30,34)/t25?,27-,28-/m0/s1. The summed E-state index contributed by atoms with van der Waals surface area (Å²) in [6.45, 7) is 2.12. The number of rotatable bonds is 7. The first kappa shape index (κ1) is 23.5. The third-order valence-corrected chi connectivity index (χ3v) is 8.10. The lowest BCUT2D eigenvalue weighted by molar-refractivity contribution is -0.126. The third-order valence-electron chi connectivity index (χ3n) is 8.10. The van der Waals surface area contributed by atoms with E-state index in [4.69, 9.17) is 5.73 Å². The fourth-order valence-corrected chi connectivity index (χ4v) is 6.14. The second-order valence-corrected chi connectivity index (χ2v) is 9.76. The van der Waals surface area contributed by atoms with Crippen molar-refractivity contribution in [1.29, 1.82) is 0 Å². The summed E-state index contributed by atoms with van der Waals surface area (Å²) < 4.78 is 15.3. The maximum atomic E-state index is 13.4. The van der Waals surface area contributed by atoms with Crippen molar-refractivity contribution in [2.75, 3.05) is 0 Å². The maximum absolute atomic E-state index is 13.4. The molecule has 0 aliphatic heterocycles. The van der Waals surface area contributed by atoms with Gasteiger partial charge in [-0.1, -0.05) is 36.8 Å². The fraction of sp³-hybridized carbons (Fsp3) is 0.357. The normalized spacial score (nSPS) is 23.9. The molecule has 1 aromatic heterocycles. The Bertz CT molecular complexity index is 1300. The van der Waals surface area contributed by atoms with Crippen molar-refractivity contribution < 1.29 is 19.4 Å². The molecular formula is C28H30FN3O3. The molecule has 1 fully saturated rings. The summed E-state index contributed by atoms with van der Waals surface area (Å²) in [5.41, 5.74) is 9.35. The largest absolute Gasteiger partial charge is 0.389 e. The zero-order valence-electron chi connectivity index (χ0n) is 19.7. The minimum Gasteiger partial charge on any atom is -0.389 e. The van der Waals surface area contributed by atoms with Crippen LogP contribution < -0.4 is 5.73 Å². The minimum atomic E-state index is -1.37. The molecule has 3 atom stereocenters. The summed E-state index contributed by atoms with van der Waals surface area (Å²) in [5, 5.41) is 26.9. The van der Waals surface area contributed by atoms with Crippen LogP contribution in [0.1, 0.15) is 61.1 Å². The molecule has 2 aliphatic carbocycles. The Morgan fingerprint density at radius 1 is 1.23 bits per heavy atom. The van der Waals surface area contributed by atoms with Gasteiger partial charge in [0.1, 0.15) is 5.82 Å². The van der Waals surface area contributed by atoms with Crippen LogP contribution in [0.3, 0.4) is 0 Å². The number of aryl methyl sites for hydroxylation is 1. The first-order valence-electron chi connectivity index (χ1n) is 12.1. The summed E-state index contributed by atoms with van der Waals surface area (Å²) in [4.78, 5) is 11.6. The zero-order chi connectivity index (χ0) is 24.8. The molecule has 2 aliphatic rings. The second kappa shape index (κ2) is 8.73. The summed E-state index contributed by atoms with van der Waals surface area (Å²) in [7, 11) is 0. The number of nitrogens with zero attached hydrogens (tertiary/aromatic N) is 2. The van der Waals surface area contributed by atoms with Gasteiger partial charge < -0.3 is 15.9 Å². The maximum Gasteiger partial charge on any atom is 0.250 e. The number of amides is 1. The number of fused-ring (bicyclic) bond motifs is 2. The lowest BCUT2D eigenvalue weighted by atomic mass is 9.63. The van der Waals surface area contributed by atoms with Crippen molar-refractivity contribution in [3.63, 3.8) is 0 Å². The van der Waals surface area contributed by atoms with Crippen molar-refractivity contribution >= 4 is 12.0 Å². The molecule has 0 radical (unpaired) electrons. The van der Waals surface area contributed by atoms with E-state index >= 15 is 0 Å². The summed E-state index contributed by atoms with van der Waals surface area (Å²) in [5.74, 6) is -1.07. The van der Waals surface area contributed by atoms with Crippen LogP contribution in [-0.2, 0) is 17.6 Å². The van der Waals surface area contributed by atoms with E-state index < -0.39 is 23.0 Å². The van der Waals surface area contributed by atoms with Crippen LogP contribution in [0, 0.1) is 11.2 Å². The van der Waals surface area contributed by atoms with Crippen molar-refractivity contribution in [3.8, 4) is 5.69 Å². The Balaban J connectivity index is 1.45. The molecule has 4 N–H and O–H groups in total. The van der Waals surface area contributed by atoms with E-state index in [-0.39, 0.29) is 5.82 Å². The first-order valence-corrected chi connectivity index (χ1v) is 12.1. The number of primary amides is 1. The van der Waals surface area contributed by atoms with Crippen molar-refractivity contribution in [3.05, 3.63) is 88.5 Å². The predicted octanol–water partition coefficient (Wildman–Crippen LogP) is 4.02. The number of carbonyl (C=O) groups excluding carboxylic acids is 1. The van der Waals surface area contributed by atoms with Crippen molar-refractivity contribution in [1.82, 2.24) is 9.78 Å². The highest BCUT2D eigenvalue weighted by Gasteiger charge is 2.56. The Labute approximate surface area is 203 Å². The van der Waals surface area contributed by atoms with Crippen LogP contribution in [0.15, 0.2) is 60.3 Å². The summed E-state index contributed by atoms with van der Waals surface area (Å²) in [6, 6.07) is 13.5. The number of aliphatic hydroxyl groups excluding tert-OH is 1. The van der Waals surface area contributed by atoms with Crippen LogP contribution in [0.5, 0.6) is 0 Å². The summed E-state index contributed by atoms with van der Waals surface area (Å²) in [6.07, 6.45) is 6.54. The molecule has 1 saturated carbocycles. The monoisotopic (exact) mass is 475 g/mol. The topological polar surface area (TPSA) is 101 Å². The van der Waals surface area contributed by atoms with Gasteiger partial charge in [0.2, 0.25) is 0 Å². The van der Waals surface area contributed by atoms with E-state index in [9.17, 15) is 19.4 Å². The molecule has 0 bridgehead atoms. The van der Waals surface area contributed by atoms with Gasteiger partial charge in [-0.25, -0.2) is 9.07 Å². The number of hydrogen-bond donors (Lipinski definition) is 3. The van der Waals surface area contributed by atoms with Gasteiger partial charge in [0.05, 0.1) is 23.2 Å². The van der Waals surface area contributed by atoms with Crippen LogP contribution >= 0.6 is 0 Å². The van der Waals surface area contributed by atoms with Gasteiger partial charge >= 0.3 is 0 Å². The smallest absolute Gasteiger partial charge is 0.250 e. The van der Waals surface area contributed by atoms with Gasteiger partial charge in [0, 0.05) is 5.41 Å². The number of nitrogens with two attached hydrogens (primary N) is 1. The fourth-order valence-electron chi connectivity index (χ4n) is 6.14. The van der Waals surface area contributed by atoms with E-state index in [1.165, 1.54) is 17.7 Å². The van der Waals surface area contributed by atoms with Gasteiger partial charge in [0.15, 0.2) is 6.10 Å². The number of carbonyl (C=O) groups is 1. The molecular weight excluding hydrogens is 445 g/mol. The predicted molar refractivity (Wildman–Crippen MR) is 131 cm³/mol. The van der Waals surface area contributed by atoms with Crippen molar-refractivity contribution in [2.45, 2.75) is 57.2 Å². The number of aromatic nitrogens is 2. The second-order valence-electron chi connectivity index (χ2n) is 9.76. The van der Waals surface area contributed by atoms with Crippen LogP contribution in [0.25, 0.3) is 11.8 Å². The molecule has 5 rings (SSSR count). The Hall–Kier alpha value is -3.29. The van der Waals surface area contributed by atoms with Gasteiger partial charge in [-0.2, -0.15) is 5.10 Å². The number of benzene rings is 2. The minimum absolute atomic E-state index is 0.288. The molecule has 0 spiro atoms. The number of aliphatic hydroxyl groups is 2. The van der Waals surface area contributed by atoms with Crippen molar-refractivity contribution in [2.24, 2.45) is 11.1 Å². The third kappa shape index (κ3) is 3.79. The Morgan fingerprint density at radius 2 is 1.97 bits per heavy atom. The average Bonchev–Trinajstić information content (AvgIpc) is 3.40. The molecule has 7 heteroatoms. The first-order chi connectivity index (χ1) is 16.8. The summed E-state index contributed by atoms with van der Waals surface area (Å²) >= 11 is 0. The van der Waals surface area contributed by atoms with Crippen LogP contribution in [-0.4, -0.2) is 31.5 Å². The molecule has 6 nitrogen and oxygen atoms in total.